The van der Waals surface area contributed by atoms with Crippen molar-refractivity contribution < 1.29 is 14.6 Å². The molecule has 0 amide bonds. The third-order valence-electron chi connectivity index (χ3n) is 3.85. The normalized spacial score (nSPS) is 20.9. The van der Waals surface area contributed by atoms with Crippen molar-refractivity contribution in [3.63, 3.8) is 0 Å². The van der Waals surface area contributed by atoms with Gasteiger partial charge in [0, 0.05) is 37.3 Å². The van der Waals surface area contributed by atoms with Crippen molar-refractivity contribution in [2.24, 2.45) is 0 Å². The Morgan fingerprint density at radius 1 is 1.40 bits per heavy atom. The Morgan fingerprint density at radius 3 is 2.75 bits per heavy atom. The maximum absolute atomic E-state index is 9.62. The zero-order chi connectivity index (χ0) is 14.5. The summed E-state index contributed by atoms with van der Waals surface area (Å²) in [6.07, 6.45) is 0.668. The fourth-order valence-electron chi connectivity index (χ4n) is 2.69. The molecule has 2 rings (SSSR count). The first-order chi connectivity index (χ1) is 9.67. The van der Waals surface area contributed by atoms with Gasteiger partial charge in [-0.05, 0) is 19.5 Å². The van der Waals surface area contributed by atoms with Gasteiger partial charge in [-0.25, -0.2) is 0 Å². The molecule has 1 aromatic carbocycles. The highest BCUT2D eigenvalue weighted by Gasteiger charge is 2.24. The van der Waals surface area contributed by atoms with Gasteiger partial charge in [-0.1, -0.05) is 6.07 Å². The van der Waals surface area contributed by atoms with Gasteiger partial charge < -0.3 is 19.9 Å². The fraction of sp³-hybridized carbons (Fsp3) is 0.600. The predicted octanol–water partition coefficient (Wildman–Crippen LogP) is 1.03. The maximum Gasteiger partial charge on any atom is 0.127 e. The molecule has 5 heteroatoms. The number of nitrogens with zero attached hydrogens (tertiary/aromatic N) is 1. The number of ether oxygens (including phenoxy) is 2. The summed E-state index contributed by atoms with van der Waals surface area (Å²) in [5, 5.41) is 12.9. The van der Waals surface area contributed by atoms with E-state index in [-0.39, 0.29) is 12.1 Å². The van der Waals surface area contributed by atoms with Gasteiger partial charge >= 0.3 is 0 Å². The van der Waals surface area contributed by atoms with E-state index in [1.165, 1.54) is 0 Å². The van der Waals surface area contributed by atoms with Crippen LogP contribution in [0.15, 0.2) is 18.2 Å². The largest absolute Gasteiger partial charge is 0.497 e. The molecule has 1 aliphatic heterocycles. The molecule has 1 saturated heterocycles. The van der Waals surface area contributed by atoms with Gasteiger partial charge in [-0.15, -0.1) is 0 Å². The van der Waals surface area contributed by atoms with Crippen LogP contribution in [0.3, 0.4) is 0 Å². The zero-order valence-corrected chi connectivity index (χ0v) is 12.4. The molecule has 112 valence electrons. The van der Waals surface area contributed by atoms with Crippen LogP contribution >= 0.6 is 0 Å². The van der Waals surface area contributed by atoms with Crippen molar-refractivity contribution >= 4 is 0 Å². The number of likely N-dealkylation sites (tertiary alicyclic amines) is 1. The number of methoxy groups -OCH3 is 2. The van der Waals surface area contributed by atoms with E-state index in [1.807, 2.05) is 25.2 Å². The lowest BCUT2D eigenvalue weighted by molar-refractivity contribution is 0.172. The topological polar surface area (TPSA) is 54.0 Å². The molecular formula is C15H24N2O3. The molecule has 0 radical (unpaired) electrons. The van der Waals surface area contributed by atoms with Crippen LogP contribution in [0.5, 0.6) is 11.5 Å². The first kappa shape index (κ1) is 15.1. The quantitative estimate of drug-likeness (QED) is 0.815. The number of likely N-dealkylation sites (N-methyl/N-ethyl adjacent to an activating group) is 1. The highest BCUT2D eigenvalue weighted by Crippen LogP contribution is 2.30. The minimum atomic E-state index is -0.190. The Bertz CT molecular complexity index is 439. The lowest BCUT2D eigenvalue weighted by Gasteiger charge is -2.25. The summed E-state index contributed by atoms with van der Waals surface area (Å²) in [6.45, 7) is 2.55. The smallest absolute Gasteiger partial charge is 0.127 e. The second kappa shape index (κ2) is 6.92. The Kier molecular flexibility index (Phi) is 5.23. The molecule has 20 heavy (non-hydrogen) atoms. The molecule has 1 unspecified atom stereocenters. The van der Waals surface area contributed by atoms with Crippen LogP contribution in [0.1, 0.15) is 18.0 Å². The average molecular weight is 280 g/mol. The standard InChI is InChI=1S/C15H24N2O3/c1-16-14(10-17-7-6-11(18)9-17)13-5-4-12(19-2)8-15(13)20-3/h4-5,8,11,14,16,18H,6-7,9-10H2,1-3H3/t11?,14-/m1/s1. The monoisotopic (exact) mass is 280 g/mol. The minimum absolute atomic E-state index is 0.168. The highest BCUT2D eigenvalue weighted by molar-refractivity contribution is 5.42. The molecule has 1 aromatic rings. The summed E-state index contributed by atoms with van der Waals surface area (Å²) < 4.78 is 10.7. The number of benzene rings is 1. The van der Waals surface area contributed by atoms with Crippen LogP contribution < -0.4 is 14.8 Å². The van der Waals surface area contributed by atoms with Gasteiger partial charge in [0.1, 0.15) is 11.5 Å². The molecular weight excluding hydrogens is 256 g/mol. The molecule has 0 aliphatic carbocycles. The van der Waals surface area contributed by atoms with Gasteiger partial charge in [0.15, 0.2) is 0 Å². The maximum atomic E-state index is 9.62. The second-order valence-corrected chi connectivity index (χ2v) is 5.15. The van der Waals surface area contributed by atoms with Gasteiger partial charge in [-0.3, -0.25) is 4.90 Å². The molecule has 2 atom stereocenters. The van der Waals surface area contributed by atoms with Crippen molar-refractivity contribution in [1.29, 1.82) is 0 Å². The lowest BCUT2D eigenvalue weighted by Crippen LogP contribution is -2.33. The Labute approximate surface area is 120 Å². The van der Waals surface area contributed by atoms with Gasteiger partial charge in [0.2, 0.25) is 0 Å². The van der Waals surface area contributed by atoms with Crippen molar-refractivity contribution in [3.8, 4) is 11.5 Å². The van der Waals surface area contributed by atoms with Crippen LogP contribution in [0, 0.1) is 0 Å². The summed E-state index contributed by atoms with van der Waals surface area (Å²) >= 11 is 0. The van der Waals surface area contributed by atoms with E-state index >= 15 is 0 Å². The van der Waals surface area contributed by atoms with E-state index in [0.717, 1.165) is 43.1 Å². The molecule has 1 fully saturated rings. The average Bonchev–Trinajstić information content (AvgIpc) is 2.89. The third kappa shape index (κ3) is 3.42. The summed E-state index contributed by atoms with van der Waals surface area (Å²) in [6, 6.07) is 6.05. The summed E-state index contributed by atoms with van der Waals surface area (Å²) in [4.78, 5) is 2.27. The molecule has 1 aliphatic rings. The molecule has 0 aromatic heterocycles. The van der Waals surface area contributed by atoms with Crippen molar-refractivity contribution in [3.05, 3.63) is 23.8 Å². The van der Waals surface area contributed by atoms with E-state index in [2.05, 4.69) is 10.2 Å². The van der Waals surface area contributed by atoms with E-state index in [9.17, 15) is 5.11 Å². The van der Waals surface area contributed by atoms with Crippen molar-refractivity contribution in [2.75, 3.05) is 40.9 Å². The van der Waals surface area contributed by atoms with E-state index in [1.54, 1.807) is 14.2 Å². The SMILES string of the molecule is CN[C@H](CN1CCC(O)C1)c1ccc(OC)cc1OC. The molecule has 5 nitrogen and oxygen atoms in total. The summed E-state index contributed by atoms with van der Waals surface area (Å²) in [5.41, 5.74) is 1.11. The number of hydrogen-bond acceptors (Lipinski definition) is 5. The van der Waals surface area contributed by atoms with Crippen LogP contribution in [-0.2, 0) is 0 Å². The molecule has 0 saturated carbocycles. The fourth-order valence-corrected chi connectivity index (χ4v) is 2.69. The number of aliphatic hydroxyl groups is 1. The lowest BCUT2D eigenvalue weighted by atomic mass is 10.0. The van der Waals surface area contributed by atoms with Crippen molar-refractivity contribution in [2.45, 2.75) is 18.6 Å². The van der Waals surface area contributed by atoms with Gasteiger partial charge in [0.05, 0.1) is 20.3 Å². The first-order valence-electron chi connectivity index (χ1n) is 6.97. The first-order valence-corrected chi connectivity index (χ1v) is 6.97. The zero-order valence-electron chi connectivity index (χ0n) is 12.4. The predicted molar refractivity (Wildman–Crippen MR) is 78.4 cm³/mol. The van der Waals surface area contributed by atoms with Crippen LogP contribution in [0.25, 0.3) is 0 Å². The Hall–Kier alpha value is -1.30. The summed E-state index contributed by atoms with van der Waals surface area (Å²) in [5.74, 6) is 1.61. The van der Waals surface area contributed by atoms with E-state index in [4.69, 9.17) is 9.47 Å². The number of rotatable bonds is 6. The molecule has 1 heterocycles. The van der Waals surface area contributed by atoms with E-state index in [0.29, 0.717) is 0 Å². The van der Waals surface area contributed by atoms with E-state index < -0.39 is 0 Å². The van der Waals surface area contributed by atoms with Crippen LogP contribution in [0.2, 0.25) is 0 Å². The number of β-amino-alcohol motifs (C(OH)–C–C–N with tert-alkyl or cyclic N) is 1. The number of aliphatic hydroxyl groups excluding tert-OH is 1. The second-order valence-electron chi connectivity index (χ2n) is 5.15. The minimum Gasteiger partial charge on any atom is -0.497 e. The molecule has 0 spiro atoms. The summed E-state index contributed by atoms with van der Waals surface area (Å²) in [7, 11) is 5.26. The van der Waals surface area contributed by atoms with Crippen molar-refractivity contribution in [1.82, 2.24) is 10.2 Å². The molecule has 2 N–H and O–H groups in total. The Balaban J connectivity index is 2.14. The third-order valence-corrected chi connectivity index (χ3v) is 3.85. The van der Waals surface area contributed by atoms with Crippen LogP contribution in [0.4, 0.5) is 0 Å². The Morgan fingerprint density at radius 2 is 2.20 bits per heavy atom. The number of nitrogens with one attached hydrogen (secondary N) is 1. The van der Waals surface area contributed by atoms with Crippen LogP contribution in [-0.4, -0.2) is 57.0 Å². The number of hydrogen-bond donors (Lipinski definition) is 2. The highest BCUT2D eigenvalue weighted by atomic mass is 16.5. The molecule has 0 bridgehead atoms. The van der Waals surface area contributed by atoms with Gasteiger partial charge in [-0.2, -0.15) is 0 Å². The van der Waals surface area contributed by atoms with Gasteiger partial charge in [0.25, 0.3) is 0 Å².